The molecule has 0 aromatic heterocycles. The Bertz CT molecular complexity index is 794. The van der Waals surface area contributed by atoms with Gasteiger partial charge in [-0.05, 0) is 51.4 Å². The van der Waals surface area contributed by atoms with E-state index in [1.165, 1.54) is 96.3 Å². The summed E-state index contributed by atoms with van der Waals surface area (Å²) in [5.41, 5.74) is 0. The summed E-state index contributed by atoms with van der Waals surface area (Å²) in [5.74, 6) is -0.903. The van der Waals surface area contributed by atoms with Crippen LogP contribution in [0.4, 0.5) is 0 Å². The Kier molecular flexibility index (Phi) is 32.4. The number of esters is 2. The van der Waals surface area contributed by atoms with Crippen molar-refractivity contribution in [2.45, 2.75) is 186 Å². The molecular weight excluding hydrogens is 603 g/mol. The maximum atomic E-state index is 12.3. The predicted molar refractivity (Wildman–Crippen MR) is 189 cm³/mol. The lowest BCUT2D eigenvalue weighted by molar-refractivity contribution is -0.161. The molecule has 0 aliphatic carbocycles. The Morgan fingerprint density at radius 2 is 1.02 bits per heavy atom. The number of rotatable bonds is 35. The maximum Gasteiger partial charge on any atom is 0.469 e. The molecule has 0 rings (SSSR count). The van der Waals surface area contributed by atoms with Crippen LogP contribution >= 0.6 is 7.82 Å². The highest BCUT2D eigenvalue weighted by atomic mass is 31.2. The normalized spacial score (nSPS) is 12.4. The van der Waals surface area contributed by atoms with Gasteiger partial charge in [-0.1, -0.05) is 134 Å². The van der Waals surface area contributed by atoms with Crippen LogP contribution in [-0.2, 0) is 28.2 Å². The molecule has 0 amide bonds. The Balaban J connectivity index is 3.96. The van der Waals surface area contributed by atoms with Gasteiger partial charge >= 0.3 is 19.8 Å². The summed E-state index contributed by atoms with van der Waals surface area (Å²) in [6.07, 6.45) is 35.1. The van der Waals surface area contributed by atoms with Crippen molar-refractivity contribution in [2.24, 2.45) is 0 Å². The van der Waals surface area contributed by atoms with Crippen LogP contribution in [0.2, 0.25) is 0 Å². The van der Waals surface area contributed by atoms with Gasteiger partial charge < -0.3 is 19.3 Å². The molecule has 0 aliphatic rings. The highest BCUT2D eigenvalue weighted by Gasteiger charge is 2.22. The van der Waals surface area contributed by atoms with Gasteiger partial charge in [-0.3, -0.25) is 14.1 Å². The minimum absolute atomic E-state index is 0.209. The second-order valence-corrected chi connectivity index (χ2v) is 13.9. The largest absolute Gasteiger partial charge is 0.469 e. The SMILES string of the molecule is C=CCCCCCCCCCCCCCCCC(=O)O[C@H](COC(=O)CCCCC/C=C/CCCCCCCC)COP(=O)(O)O. The maximum absolute atomic E-state index is 12.3. The number of allylic oxidation sites excluding steroid dienone is 3. The zero-order chi connectivity index (χ0) is 34.0. The zero-order valence-electron chi connectivity index (χ0n) is 29.3. The number of carbonyl (C=O) groups is 2. The van der Waals surface area contributed by atoms with E-state index in [4.69, 9.17) is 19.3 Å². The first-order valence-corrected chi connectivity index (χ1v) is 20.1. The quantitative estimate of drug-likeness (QED) is 0.0295. The molecule has 0 saturated carbocycles. The molecule has 9 heteroatoms. The molecule has 46 heavy (non-hydrogen) atoms. The fraction of sp³-hybridized carbons (Fsp3) is 0.838. The van der Waals surface area contributed by atoms with Crippen LogP contribution in [0.5, 0.6) is 0 Å². The first-order valence-electron chi connectivity index (χ1n) is 18.6. The molecular formula is C37H69O8P. The molecule has 0 aromatic rings. The molecule has 0 saturated heterocycles. The predicted octanol–water partition coefficient (Wildman–Crippen LogP) is 10.8. The lowest BCUT2D eigenvalue weighted by Crippen LogP contribution is -2.29. The summed E-state index contributed by atoms with van der Waals surface area (Å²) in [7, 11) is -4.75. The van der Waals surface area contributed by atoms with Gasteiger partial charge in [-0.25, -0.2) is 4.57 Å². The van der Waals surface area contributed by atoms with E-state index in [-0.39, 0.29) is 19.4 Å². The third kappa shape index (κ3) is 35.4. The lowest BCUT2D eigenvalue weighted by atomic mass is 10.0. The minimum Gasteiger partial charge on any atom is -0.462 e. The standard InChI is InChI=1S/C37H69O8P/c1-3-5-7-9-11-13-15-17-18-20-22-24-26-28-30-32-37(39)45-35(34-44-46(40,41)42)33-43-36(38)31-29-27-25-23-21-19-16-14-12-10-8-6-4-2/h3,19,21,35H,1,4-18,20,22-34H2,2H3,(H2,40,41,42)/b21-19+/t35-/m1/s1. The molecule has 0 unspecified atom stereocenters. The van der Waals surface area contributed by atoms with Crippen molar-refractivity contribution in [2.75, 3.05) is 13.2 Å². The fourth-order valence-corrected chi connectivity index (χ4v) is 5.65. The number of hydrogen-bond acceptors (Lipinski definition) is 6. The molecule has 0 heterocycles. The first-order chi connectivity index (χ1) is 22.3. The van der Waals surface area contributed by atoms with Gasteiger partial charge in [0.15, 0.2) is 6.10 Å². The number of ether oxygens (including phenoxy) is 2. The Morgan fingerprint density at radius 1 is 0.609 bits per heavy atom. The van der Waals surface area contributed by atoms with Gasteiger partial charge in [0.1, 0.15) is 6.61 Å². The molecule has 0 bridgehead atoms. The number of phosphoric acid groups is 1. The molecule has 8 nitrogen and oxygen atoms in total. The number of carbonyl (C=O) groups excluding carboxylic acids is 2. The average Bonchev–Trinajstić information content (AvgIpc) is 3.02. The molecule has 1 atom stereocenters. The van der Waals surface area contributed by atoms with E-state index in [1.807, 2.05) is 6.08 Å². The first kappa shape index (κ1) is 44.5. The molecule has 270 valence electrons. The fourth-order valence-electron chi connectivity index (χ4n) is 5.29. The molecule has 0 aromatic carbocycles. The number of hydrogen-bond donors (Lipinski definition) is 2. The van der Waals surface area contributed by atoms with E-state index in [0.717, 1.165) is 51.4 Å². The van der Waals surface area contributed by atoms with Crippen LogP contribution < -0.4 is 0 Å². The minimum atomic E-state index is -4.75. The number of phosphoric ester groups is 1. The third-order valence-corrected chi connectivity index (χ3v) is 8.57. The summed E-state index contributed by atoms with van der Waals surface area (Å²) in [6, 6.07) is 0. The second-order valence-electron chi connectivity index (χ2n) is 12.6. The van der Waals surface area contributed by atoms with Gasteiger partial charge in [0.05, 0.1) is 6.61 Å². The topological polar surface area (TPSA) is 119 Å². The third-order valence-electron chi connectivity index (χ3n) is 8.09. The highest BCUT2D eigenvalue weighted by Crippen LogP contribution is 2.36. The molecule has 0 fully saturated rings. The van der Waals surface area contributed by atoms with Crippen LogP contribution in [0.1, 0.15) is 180 Å². The molecule has 2 N–H and O–H groups in total. The Labute approximate surface area is 281 Å². The smallest absolute Gasteiger partial charge is 0.462 e. The van der Waals surface area contributed by atoms with Gasteiger partial charge in [-0.2, -0.15) is 0 Å². The van der Waals surface area contributed by atoms with Gasteiger partial charge in [0.25, 0.3) is 0 Å². The van der Waals surface area contributed by atoms with Crippen molar-refractivity contribution in [1.29, 1.82) is 0 Å². The summed E-state index contributed by atoms with van der Waals surface area (Å²) in [6.45, 7) is 5.17. The van der Waals surface area contributed by atoms with Crippen LogP contribution in [0.25, 0.3) is 0 Å². The van der Waals surface area contributed by atoms with Gasteiger partial charge in [0, 0.05) is 12.8 Å². The van der Waals surface area contributed by atoms with E-state index in [1.54, 1.807) is 0 Å². The summed E-state index contributed by atoms with van der Waals surface area (Å²) < 4.78 is 26.3. The van der Waals surface area contributed by atoms with E-state index in [9.17, 15) is 14.2 Å². The highest BCUT2D eigenvalue weighted by molar-refractivity contribution is 7.46. The second kappa shape index (κ2) is 33.4. The van der Waals surface area contributed by atoms with Crippen LogP contribution in [0.15, 0.2) is 24.8 Å². The van der Waals surface area contributed by atoms with Crippen molar-refractivity contribution in [1.82, 2.24) is 0 Å². The Hall–Kier alpha value is -1.47. The molecule has 0 radical (unpaired) electrons. The summed E-state index contributed by atoms with van der Waals surface area (Å²) >= 11 is 0. The molecule has 0 spiro atoms. The van der Waals surface area contributed by atoms with Crippen molar-refractivity contribution in [3.8, 4) is 0 Å². The van der Waals surface area contributed by atoms with Crippen LogP contribution in [-0.4, -0.2) is 41.0 Å². The Morgan fingerprint density at radius 3 is 1.50 bits per heavy atom. The molecule has 0 aliphatic heterocycles. The van der Waals surface area contributed by atoms with E-state index in [0.29, 0.717) is 12.8 Å². The van der Waals surface area contributed by atoms with Gasteiger partial charge in [0.2, 0.25) is 0 Å². The van der Waals surface area contributed by atoms with E-state index >= 15 is 0 Å². The van der Waals surface area contributed by atoms with E-state index in [2.05, 4.69) is 30.2 Å². The zero-order valence-corrected chi connectivity index (χ0v) is 30.2. The van der Waals surface area contributed by atoms with Crippen LogP contribution in [0.3, 0.4) is 0 Å². The summed E-state index contributed by atoms with van der Waals surface area (Å²) in [4.78, 5) is 42.6. The van der Waals surface area contributed by atoms with Crippen molar-refractivity contribution in [3.05, 3.63) is 24.8 Å². The van der Waals surface area contributed by atoms with E-state index < -0.39 is 32.5 Å². The van der Waals surface area contributed by atoms with Gasteiger partial charge in [-0.15, -0.1) is 6.58 Å². The monoisotopic (exact) mass is 672 g/mol. The average molecular weight is 673 g/mol. The van der Waals surface area contributed by atoms with Crippen molar-refractivity contribution >= 4 is 19.8 Å². The van der Waals surface area contributed by atoms with Crippen molar-refractivity contribution < 1.29 is 37.9 Å². The lowest BCUT2D eigenvalue weighted by Gasteiger charge is -2.18. The van der Waals surface area contributed by atoms with Crippen LogP contribution in [0, 0.1) is 0 Å². The summed E-state index contributed by atoms with van der Waals surface area (Å²) in [5, 5.41) is 0. The number of unbranched alkanes of at least 4 members (excludes halogenated alkanes) is 22. The van der Waals surface area contributed by atoms with Crippen molar-refractivity contribution in [3.63, 3.8) is 0 Å².